The van der Waals surface area contributed by atoms with Crippen LogP contribution in [0.15, 0.2) is 41.4 Å². The van der Waals surface area contributed by atoms with Crippen molar-refractivity contribution in [2.45, 2.75) is 38.8 Å². The highest BCUT2D eigenvalue weighted by atomic mass is 16.4. The van der Waals surface area contributed by atoms with Gasteiger partial charge in [0.15, 0.2) is 0 Å². The van der Waals surface area contributed by atoms with E-state index in [-0.39, 0.29) is 5.54 Å². The first-order chi connectivity index (χ1) is 10.4. The molecule has 4 nitrogen and oxygen atoms in total. The Balaban J connectivity index is 2.21. The lowest BCUT2D eigenvalue weighted by Gasteiger charge is -2.35. The van der Waals surface area contributed by atoms with Crippen molar-refractivity contribution in [2.24, 2.45) is 4.99 Å². The fourth-order valence-electron chi connectivity index (χ4n) is 2.97. The van der Waals surface area contributed by atoms with Gasteiger partial charge in [-0.2, -0.15) is 0 Å². The van der Waals surface area contributed by atoms with Crippen LogP contribution in [-0.4, -0.2) is 28.5 Å². The van der Waals surface area contributed by atoms with E-state index >= 15 is 0 Å². The first-order valence-corrected chi connectivity index (χ1v) is 7.47. The van der Waals surface area contributed by atoms with Crippen molar-refractivity contribution in [3.8, 4) is 0 Å². The molecule has 0 aliphatic carbocycles. The van der Waals surface area contributed by atoms with Gasteiger partial charge in [0.05, 0.1) is 0 Å². The number of carbonyl (C=O) groups is 1. The molecule has 22 heavy (non-hydrogen) atoms. The Kier molecular flexibility index (Phi) is 3.39. The molecule has 1 aliphatic rings. The molecule has 1 atom stereocenters. The Morgan fingerprint density at radius 2 is 2.00 bits per heavy atom. The minimum absolute atomic E-state index is 0.159. The molecule has 0 saturated carbocycles. The average Bonchev–Trinajstić information content (AvgIpc) is 2.45. The Hall–Kier alpha value is -2.36. The van der Waals surface area contributed by atoms with E-state index in [2.05, 4.69) is 42.4 Å². The molecule has 0 spiro atoms. The summed E-state index contributed by atoms with van der Waals surface area (Å²) in [6.07, 6.45) is 0.879. The first-order valence-electron chi connectivity index (χ1n) is 7.47. The number of nitrogens with zero attached hydrogens (tertiary/aromatic N) is 1. The number of carboxylic acid groups (broad SMARTS) is 1. The van der Waals surface area contributed by atoms with Crippen LogP contribution in [0.1, 0.15) is 31.9 Å². The molecule has 2 aromatic carbocycles. The SMILES string of the molecule is C[C@H](N=C1NC(C)(C)Cc2c1ccc1ccccc21)C(=O)O. The zero-order valence-electron chi connectivity index (χ0n) is 13.1. The number of aliphatic imine (C=N–C) groups is 1. The highest BCUT2D eigenvalue weighted by Gasteiger charge is 2.30. The molecule has 0 unspecified atom stereocenters. The second-order valence-corrected chi connectivity index (χ2v) is 6.49. The van der Waals surface area contributed by atoms with Gasteiger partial charge in [0.2, 0.25) is 0 Å². The molecule has 4 heteroatoms. The summed E-state index contributed by atoms with van der Waals surface area (Å²) in [5.41, 5.74) is 2.08. The van der Waals surface area contributed by atoms with Crippen LogP contribution >= 0.6 is 0 Å². The average molecular weight is 296 g/mol. The highest BCUT2D eigenvalue weighted by molar-refractivity contribution is 6.06. The molecule has 0 radical (unpaired) electrons. The van der Waals surface area contributed by atoms with Gasteiger partial charge in [-0.25, -0.2) is 4.79 Å². The van der Waals surface area contributed by atoms with Crippen LogP contribution in [0.5, 0.6) is 0 Å². The zero-order valence-corrected chi connectivity index (χ0v) is 13.1. The number of fused-ring (bicyclic) bond motifs is 3. The van der Waals surface area contributed by atoms with Gasteiger partial charge in [-0.15, -0.1) is 0 Å². The molecular formula is C18H20N2O2. The van der Waals surface area contributed by atoms with Crippen LogP contribution in [-0.2, 0) is 11.2 Å². The molecule has 1 heterocycles. The second-order valence-electron chi connectivity index (χ2n) is 6.49. The van der Waals surface area contributed by atoms with Crippen molar-refractivity contribution in [3.63, 3.8) is 0 Å². The quantitative estimate of drug-likeness (QED) is 0.895. The minimum Gasteiger partial charge on any atom is -0.480 e. The van der Waals surface area contributed by atoms with Crippen LogP contribution in [0.4, 0.5) is 0 Å². The minimum atomic E-state index is -0.917. The van der Waals surface area contributed by atoms with Crippen molar-refractivity contribution in [1.82, 2.24) is 5.32 Å². The summed E-state index contributed by atoms with van der Waals surface area (Å²) in [5.74, 6) is -0.244. The van der Waals surface area contributed by atoms with Gasteiger partial charge < -0.3 is 10.4 Å². The van der Waals surface area contributed by atoms with Crippen molar-refractivity contribution in [1.29, 1.82) is 0 Å². The standard InChI is InChI=1S/C18H20N2O2/c1-11(17(21)22)19-16-14-9-8-12-6-4-5-7-13(12)15(14)10-18(2,3)20-16/h4-9,11H,10H2,1-3H3,(H,19,20)(H,21,22)/t11-/m0/s1. The lowest BCUT2D eigenvalue weighted by atomic mass is 9.84. The smallest absolute Gasteiger partial charge is 0.328 e. The largest absolute Gasteiger partial charge is 0.480 e. The highest BCUT2D eigenvalue weighted by Crippen LogP contribution is 2.30. The van der Waals surface area contributed by atoms with E-state index in [1.54, 1.807) is 6.92 Å². The monoisotopic (exact) mass is 296 g/mol. The third-order valence-corrected chi connectivity index (χ3v) is 4.05. The number of hydrogen-bond donors (Lipinski definition) is 2. The van der Waals surface area contributed by atoms with Gasteiger partial charge in [0, 0.05) is 11.1 Å². The summed E-state index contributed by atoms with van der Waals surface area (Å²) in [7, 11) is 0. The van der Waals surface area contributed by atoms with E-state index in [1.165, 1.54) is 16.3 Å². The summed E-state index contributed by atoms with van der Waals surface area (Å²) in [6, 6.07) is 11.6. The van der Waals surface area contributed by atoms with Gasteiger partial charge >= 0.3 is 5.97 Å². The van der Waals surface area contributed by atoms with Crippen LogP contribution < -0.4 is 5.32 Å². The molecule has 0 aromatic heterocycles. The van der Waals surface area contributed by atoms with Crippen molar-refractivity contribution in [3.05, 3.63) is 47.5 Å². The van der Waals surface area contributed by atoms with Crippen LogP contribution in [0.2, 0.25) is 0 Å². The number of nitrogens with one attached hydrogen (secondary N) is 1. The van der Waals surface area contributed by atoms with Crippen molar-refractivity contribution in [2.75, 3.05) is 0 Å². The molecule has 2 aromatic rings. The molecular weight excluding hydrogens is 276 g/mol. The number of benzene rings is 2. The molecule has 114 valence electrons. The first kappa shape index (κ1) is 14.6. The maximum Gasteiger partial charge on any atom is 0.328 e. The molecule has 2 N–H and O–H groups in total. The van der Waals surface area contributed by atoms with Crippen LogP contribution in [0, 0.1) is 0 Å². The molecule has 3 rings (SSSR count). The molecule has 0 fully saturated rings. The predicted octanol–water partition coefficient (Wildman–Crippen LogP) is 2.98. The number of rotatable bonds is 2. The summed E-state index contributed by atoms with van der Waals surface area (Å²) >= 11 is 0. The number of amidine groups is 1. The lowest BCUT2D eigenvalue weighted by Crippen LogP contribution is -2.50. The van der Waals surface area contributed by atoms with E-state index in [0.717, 1.165) is 12.0 Å². The third-order valence-electron chi connectivity index (χ3n) is 4.05. The van der Waals surface area contributed by atoms with Gasteiger partial charge in [0.1, 0.15) is 11.9 Å². The molecule has 1 aliphatic heterocycles. The van der Waals surface area contributed by atoms with Gasteiger partial charge in [-0.05, 0) is 43.5 Å². The van der Waals surface area contributed by atoms with E-state index in [1.807, 2.05) is 18.2 Å². The fourth-order valence-corrected chi connectivity index (χ4v) is 2.97. The number of carboxylic acids is 1. The maximum atomic E-state index is 11.1. The summed E-state index contributed by atoms with van der Waals surface area (Å²) < 4.78 is 0. The predicted molar refractivity (Wildman–Crippen MR) is 88.5 cm³/mol. The second kappa shape index (κ2) is 5.13. The third kappa shape index (κ3) is 2.56. The Labute approximate surface area is 129 Å². The summed E-state index contributed by atoms with van der Waals surface area (Å²) in [5, 5.41) is 14.9. The zero-order chi connectivity index (χ0) is 15.9. The Morgan fingerprint density at radius 1 is 1.27 bits per heavy atom. The fraction of sp³-hybridized carbons (Fsp3) is 0.333. The van der Waals surface area contributed by atoms with E-state index in [4.69, 9.17) is 5.11 Å². The topological polar surface area (TPSA) is 61.7 Å². The number of hydrogen-bond acceptors (Lipinski definition) is 2. The van der Waals surface area contributed by atoms with E-state index in [9.17, 15) is 4.79 Å². The van der Waals surface area contributed by atoms with Crippen LogP contribution in [0.25, 0.3) is 10.8 Å². The summed E-state index contributed by atoms with van der Waals surface area (Å²) in [4.78, 5) is 15.5. The normalized spacial score (nSPS) is 19.5. The molecule has 0 bridgehead atoms. The van der Waals surface area contributed by atoms with Gasteiger partial charge in [-0.1, -0.05) is 36.4 Å². The molecule has 0 saturated heterocycles. The summed E-state index contributed by atoms with van der Waals surface area (Å²) in [6.45, 7) is 5.82. The lowest BCUT2D eigenvalue weighted by molar-refractivity contribution is -0.137. The van der Waals surface area contributed by atoms with Gasteiger partial charge in [-0.3, -0.25) is 4.99 Å². The van der Waals surface area contributed by atoms with Crippen LogP contribution in [0.3, 0.4) is 0 Å². The molecule has 0 amide bonds. The van der Waals surface area contributed by atoms with Crippen molar-refractivity contribution >= 4 is 22.6 Å². The Morgan fingerprint density at radius 3 is 2.73 bits per heavy atom. The van der Waals surface area contributed by atoms with E-state index in [0.29, 0.717) is 5.84 Å². The van der Waals surface area contributed by atoms with E-state index < -0.39 is 12.0 Å². The van der Waals surface area contributed by atoms with Gasteiger partial charge in [0.25, 0.3) is 0 Å². The maximum absolute atomic E-state index is 11.1. The Bertz CT molecular complexity index is 778. The number of aliphatic carboxylic acids is 1. The van der Waals surface area contributed by atoms with Crippen molar-refractivity contribution < 1.29 is 9.90 Å².